The summed E-state index contributed by atoms with van der Waals surface area (Å²) in [7, 11) is -3.69. The highest BCUT2D eigenvalue weighted by atomic mass is 32.2. The second-order valence-electron chi connectivity index (χ2n) is 6.74. The van der Waals surface area contributed by atoms with E-state index >= 15 is 0 Å². The zero-order valence-electron chi connectivity index (χ0n) is 18.2. The molecule has 0 radical (unpaired) electrons. The highest BCUT2D eigenvalue weighted by Gasteiger charge is 2.23. The molecule has 2 aromatic carbocycles. The van der Waals surface area contributed by atoms with Gasteiger partial charge >= 0.3 is 0 Å². The van der Waals surface area contributed by atoms with Gasteiger partial charge in [-0.1, -0.05) is 44.2 Å². The van der Waals surface area contributed by atoms with Crippen LogP contribution in [0, 0.1) is 0 Å². The first-order valence-electron chi connectivity index (χ1n) is 10.3. The smallest absolute Gasteiger partial charge is 0.248 e. The van der Waals surface area contributed by atoms with Crippen LogP contribution in [0.1, 0.15) is 20.8 Å². The van der Waals surface area contributed by atoms with Gasteiger partial charge in [0.2, 0.25) is 21.8 Å². The molecule has 1 N–H and O–H groups in total. The van der Waals surface area contributed by atoms with Crippen LogP contribution in [0.15, 0.2) is 53.4 Å². The molecule has 0 aliphatic carbocycles. The number of hydrogen-bond donors (Lipinski definition) is 1. The number of aromatic nitrogens is 4. The van der Waals surface area contributed by atoms with E-state index in [0.29, 0.717) is 31.3 Å². The molecular weight excluding hydrogens is 432 g/mol. The number of tetrazole rings is 1. The van der Waals surface area contributed by atoms with Gasteiger partial charge in [0.05, 0.1) is 17.2 Å². The minimum Gasteiger partial charge on any atom is -0.492 e. The first-order valence-corrected chi connectivity index (χ1v) is 11.7. The fourth-order valence-corrected chi connectivity index (χ4v) is 4.58. The van der Waals surface area contributed by atoms with Crippen LogP contribution in [-0.4, -0.2) is 58.5 Å². The summed E-state index contributed by atoms with van der Waals surface area (Å²) >= 11 is 0. The van der Waals surface area contributed by atoms with Crippen LogP contribution >= 0.6 is 0 Å². The van der Waals surface area contributed by atoms with Gasteiger partial charge in [0.15, 0.2) is 0 Å². The van der Waals surface area contributed by atoms with E-state index < -0.39 is 15.9 Å². The summed E-state index contributed by atoms with van der Waals surface area (Å²) in [5, 5.41) is 14.8. The van der Waals surface area contributed by atoms with Gasteiger partial charge in [-0.05, 0) is 30.3 Å². The van der Waals surface area contributed by atoms with E-state index in [0.717, 1.165) is 5.56 Å². The van der Waals surface area contributed by atoms with Crippen LogP contribution in [0.4, 0.5) is 5.69 Å². The fourth-order valence-electron chi connectivity index (χ4n) is 3.09. The lowest BCUT2D eigenvalue weighted by Crippen LogP contribution is -2.30. The Balaban J connectivity index is 1.81. The molecule has 0 aliphatic rings. The molecule has 1 amide bonds. The molecule has 0 unspecified atom stereocenters. The van der Waals surface area contributed by atoms with Gasteiger partial charge in [0, 0.05) is 18.7 Å². The van der Waals surface area contributed by atoms with Crippen LogP contribution in [-0.2, 0) is 21.4 Å². The van der Waals surface area contributed by atoms with Crippen molar-refractivity contribution in [1.29, 1.82) is 0 Å². The zero-order valence-corrected chi connectivity index (χ0v) is 19.0. The standard InChI is InChI=1S/C21H26N6O4S/c1-4-26(5-2)32(29,30)17-12-13-19(31-6-3)18(14-17)22-20(28)15-27-24-21(23-25-27)16-10-8-7-9-11-16/h7-14H,4-6,15H2,1-3H3,(H,22,28). The van der Waals surface area contributed by atoms with E-state index in [2.05, 4.69) is 20.7 Å². The molecule has 1 heterocycles. The summed E-state index contributed by atoms with van der Waals surface area (Å²) in [5.74, 6) is 0.331. The molecule has 11 heteroatoms. The number of ether oxygens (including phenoxy) is 1. The predicted molar refractivity (Wildman–Crippen MR) is 120 cm³/mol. The number of nitrogens with one attached hydrogen (secondary N) is 1. The molecule has 0 atom stereocenters. The Morgan fingerprint density at radius 2 is 1.81 bits per heavy atom. The normalized spacial score (nSPS) is 11.5. The monoisotopic (exact) mass is 458 g/mol. The molecule has 3 aromatic rings. The van der Waals surface area contributed by atoms with E-state index in [1.165, 1.54) is 27.3 Å². The fraction of sp³-hybridized carbons (Fsp3) is 0.333. The molecule has 32 heavy (non-hydrogen) atoms. The summed E-state index contributed by atoms with van der Waals surface area (Å²) in [4.78, 5) is 13.9. The third-order valence-electron chi connectivity index (χ3n) is 4.64. The van der Waals surface area contributed by atoms with Crippen molar-refractivity contribution in [2.45, 2.75) is 32.2 Å². The molecule has 0 saturated carbocycles. The summed E-state index contributed by atoms with van der Waals surface area (Å²) < 4.78 is 32.6. The minimum atomic E-state index is -3.69. The van der Waals surface area contributed by atoms with E-state index in [1.807, 2.05) is 30.3 Å². The SMILES string of the molecule is CCOc1ccc(S(=O)(=O)N(CC)CC)cc1NC(=O)Cn1nnc(-c2ccccc2)n1. The number of benzene rings is 2. The predicted octanol–water partition coefficient (Wildman–Crippen LogP) is 2.41. The number of rotatable bonds is 10. The van der Waals surface area contributed by atoms with Crippen LogP contribution in [0.2, 0.25) is 0 Å². The third-order valence-corrected chi connectivity index (χ3v) is 6.68. The number of anilines is 1. The molecule has 0 aliphatic heterocycles. The maximum Gasteiger partial charge on any atom is 0.248 e. The first kappa shape index (κ1) is 23.4. The number of carbonyl (C=O) groups is 1. The molecule has 0 bridgehead atoms. The van der Waals surface area contributed by atoms with Crippen molar-refractivity contribution < 1.29 is 17.9 Å². The molecule has 170 valence electrons. The number of amides is 1. The molecule has 0 fully saturated rings. The van der Waals surface area contributed by atoms with Crippen molar-refractivity contribution >= 4 is 21.6 Å². The van der Waals surface area contributed by atoms with E-state index in [1.54, 1.807) is 20.8 Å². The van der Waals surface area contributed by atoms with Crippen LogP contribution in [0.25, 0.3) is 11.4 Å². The first-order chi connectivity index (χ1) is 15.4. The molecule has 1 aromatic heterocycles. The average molecular weight is 459 g/mol. The Labute approximate surface area is 187 Å². The second-order valence-corrected chi connectivity index (χ2v) is 8.68. The van der Waals surface area contributed by atoms with Crippen molar-refractivity contribution in [3.05, 3.63) is 48.5 Å². The maximum absolute atomic E-state index is 12.9. The van der Waals surface area contributed by atoms with Crippen LogP contribution < -0.4 is 10.1 Å². The average Bonchev–Trinajstić information content (AvgIpc) is 3.24. The lowest BCUT2D eigenvalue weighted by molar-refractivity contribution is -0.117. The highest BCUT2D eigenvalue weighted by Crippen LogP contribution is 2.29. The largest absolute Gasteiger partial charge is 0.492 e. The Morgan fingerprint density at radius 3 is 2.47 bits per heavy atom. The highest BCUT2D eigenvalue weighted by molar-refractivity contribution is 7.89. The van der Waals surface area contributed by atoms with Crippen molar-refractivity contribution in [3.63, 3.8) is 0 Å². The zero-order chi connectivity index (χ0) is 23.1. The molecule has 10 nitrogen and oxygen atoms in total. The Kier molecular flexibility index (Phi) is 7.54. The van der Waals surface area contributed by atoms with Crippen LogP contribution in [0.5, 0.6) is 5.75 Å². The lowest BCUT2D eigenvalue weighted by atomic mass is 10.2. The maximum atomic E-state index is 12.9. The number of nitrogens with zero attached hydrogens (tertiary/aromatic N) is 5. The van der Waals surface area contributed by atoms with Crippen molar-refractivity contribution in [2.24, 2.45) is 0 Å². The quantitative estimate of drug-likeness (QED) is 0.495. The van der Waals surface area contributed by atoms with Crippen molar-refractivity contribution in [1.82, 2.24) is 24.5 Å². The topological polar surface area (TPSA) is 119 Å². The number of carbonyl (C=O) groups excluding carboxylic acids is 1. The van der Waals surface area contributed by atoms with Crippen molar-refractivity contribution in [3.8, 4) is 17.1 Å². The summed E-state index contributed by atoms with van der Waals surface area (Å²) in [5.41, 5.74) is 1.04. The molecule has 3 rings (SSSR count). The van der Waals surface area contributed by atoms with Gasteiger partial charge in [-0.3, -0.25) is 4.79 Å². The summed E-state index contributed by atoms with van der Waals surface area (Å²) in [6.45, 7) is 6.19. The number of sulfonamides is 1. The summed E-state index contributed by atoms with van der Waals surface area (Å²) in [6.07, 6.45) is 0. The van der Waals surface area contributed by atoms with Crippen molar-refractivity contribution in [2.75, 3.05) is 25.0 Å². The van der Waals surface area contributed by atoms with E-state index in [4.69, 9.17) is 4.74 Å². The van der Waals surface area contributed by atoms with E-state index in [9.17, 15) is 13.2 Å². The van der Waals surface area contributed by atoms with Gasteiger partial charge in [-0.2, -0.15) is 9.10 Å². The van der Waals surface area contributed by atoms with Gasteiger partial charge in [-0.15, -0.1) is 10.2 Å². The molecule has 0 saturated heterocycles. The summed E-state index contributed by atoms with van der Waals surface area (Å²) in [6, 6.07) is 13.7. The van der Waals surface area contributed by atoms with Gasteiger partial charge in [0.1, 0.15) is 12.3 Å². The minimum absolute atomic E-state index is 0.0743. The lowest BCUT2D eigenvalue weighted by Gasteiger charge is -2.20. The second kappa shape index (κ2) is 10.3. The van der Waals surface area contributed by atoms with E-state index in [-0.39, 0.29) is 17.1 Å². The van der Waals surface area contributed by atoms with Crippen LogP contribution in [0.3, 0.4) is 0 Å². The Morgan fingerprint density at radius 1 is 1.09 bits per heavy atom. The molecular formula is C21H26N6O4S. The van der Waals surface area contributed by atoms with Gasteiger partial charge in [0.25, 0.3) is 0 Å². The Bertz CT molecular complexity index is 1160. The third kappa shape index (κ3) is 5.29. The Hall–Kier alpha value is -3.31. The molecule has 0 spiro atoms. The number of hydrogen-bond acceptors (Lipinski definition) is 7. The van der Waals surface area contributed by atoms with Gasteiger partial charge in [-0.25, -0.2) is 8.42 Å². The van der Waals surface area contributed by atoms with Gasteiger partial charge < -0.3 is 10.1 Å².